The molecule has 0 bridgehead atoms. The molecule has 0 aromatic rings. The fraction of sp³-hybridized carbons (Fsp3) is 0.778. The molecule has 1 amide bonds. The number of nitrogens with one attached hydrogen (secondary N) is 1. The molecule has 0 atom stereocenters. The number of Topliss-reactive ketones (excluding diaryl/α,β-unsaturated/α-hetero) is 1. The molecule has 1 N–H and O–H groups in total. The van der Waals surface area contributed by atoms with Gasteiger partial charge in [-0.1, -0.05) is 12.8 Å². The second kappa shape index (κ2) is 4.64. The lowest BCUT2D eigenvalue weighted by molar-refractivity contribution is -0.122. The van der Waals surface area contributed by atoms with Crippen molar-refractivity contribution >= 4 is 23.5 Å². The van der Waals surface area contributed by atoms with Gasteiger partial charge in [0.25, 0.3) is 0 Å². The fourth-order valence-corrected chi connectivity index (χ4v) is 2.08. The second-order valence-corrected chi connectivity index (χ2v) is 3.73. The SMILES string of the molecule is COC(=O)NC1(C(=O)CCl)CCCC1. The van der Waals surface area contributed by atoms with E-state index in [4.69, 9.17) is 11.6 Å². The van der Waals surface area contributed by atoms with Crippen molar-refractivity contribution in [1.82, 2.24) is 5.32 Å². The monoisotopic (exact) mass is 219 g/mol. The lowest BCUT2D eigenvalue weighted by atomic mass is 9.93. The highest BCUT2D eigenvalue weighted by atomic mass is 35.5. The Morgan fingerprint density at radius 3 is 2.43 bits per heavy atom. The third-order valence-corrected chi connectivity index (χ3v) is 2.88. The number of ether oxygens (including phenoxy) is 1. The Bertz CT molecular complexity index is 236. The minimum Gasteiger partial charge on any atom is -0.453 e. The third-order valence-electron chi connectivity index (χ3n) is 2.64. The van der Waals surface area contributed by atoms with E-state index in [1.54, 1.807) is 0 Å². The zero-order valence-corrected chi connectivity index (χ0v) is 8.89. The molecule has 0 aliphatic heterocycles. The van der Waals surface area contributed by atoms with Crippen LogP contribution in [-0.2, 0) is 9.53 Å². The van der Waals surface area contributed by atoms with Gasteiger partial charge in [-0.3, -0.25) is 4.79 Å². The van der Waals surface area contributed by atoms with E-state index in [1.807, 2.05) is 0 Å². The lowest BCUT2D eigenvalue weighted by Gasteiger charge is -2.26. The Balaban J connectivity index is 2.71. The van der Waals surface area contributed by atoms with Gasteiger partial charge >= 0.3 is 6.09 Å². The number of methoxy groups -OCH3 is 1. The first-order valence-corrected chi connectivity index (χ1v) is 5.13. The number of ketones is 1. The molecule has 1 rings (SSSR count). The molecule has 0 unspecified atom stereocenters. The summed E-state index contributed by atoms with van der Waals surface area (Å²) in [5.74, 6) is -0.189. The van der Waals surface area contributed by atoms with E-state index in [1.165, 1.54) is 7.11 Å². The van der Waals surface area contributed by atoms with Gasteiger partial charge in [0.2, 0.25) is 0 Å². The molecule has 5 heteroatoms. The predicted molar refractivity (Wildman–Crippen MR) is 52.5 cm³/mol. The van der Waals surface area contributed by atoms with Crippen molar-refractivity contribution in [3.63, 3.8) is 0 Å². The molecule has 1 aliphatic rings. The summed E-state index contributed by atoms with van der Waals surface area (Å²) >= 11 is 5.51. The number of alkyl halides is 1. The molecule has 1 saturated carbocycles. The van der Waals surface area contributed by atoms with Crippen LogP contribution in [0.2, 0.25) is 0 Å². The van der Waals surface area contributed by atoms with Gasteiger partial charge < -0.3 is 10.1 Å². The molecule has 80 valence electrons. The van der Waals surface area contributed by atoms with E-state index in [2.05, 4.69) is 10.1 Å². The van der Waals surface area contributed by atoms with Crippen LogP contribution < -0.4 is 5.32 Å². The minimum atomic E-state index is -0.769. The van der Waals surface area contributed by atoms with Crippen LogP contribution in [0.4, 0.5) is 4.79 Å². The largest absolute Gasteiger partial charge is 0.453 e. The van der Waals surface area contributed by atoms with Crippen molar-refractivity contribution < 1.29 is 14.3 Å². The highest BCUT2D eigenvalue weighted by Crippen LogP contribution is 2.30. The van der Waals surface area contributed by atoms with Gasteiger partial charge in [-0.15, -0.1) is 11.6 Å². The highest BCUT2D eigenvalue weighted by molar-refractivity contribution is 6.29. The number of hydrogen-bond acceptors (Lipinski definition) is 3. The molecule has 0 radical (unpaired) electrons. The molecular weight excluding hydrogens is 206 g/mol. The van der Waals surface area contributed by atoms with Crippen molar-refractivity contribution in [3.8, 4) is 0 Å². The number of carbonyl (C=O) groups is 2. The third kappa shape index (κ3) is 2.18. The van der Waals surface area contributed by atoms with Crippen molar-refractivity contribution in [2.45, 2.75) is 31.2 Å². The molecule has 14 heavy (non-hydrogen) atoms. The number of carbonyl (C=O) groups excluding carboxylic acids is 2. The van der Waals surface area contributed by atoms with Gasteiger partial charge in [-0.2, -0.15) is 0 Å². The first kappa shape index (κ1) is 11.3. The van der Waals surface area contributed by atoms with Crippen molar-refractivity contribution in [1.29, 1.82) is 0 Å². The number of amides is 1. The van der Waals surface area contributed by atoms with Gasteiger partial charge in [0.15, 0.2) is 5.78 Å². The quantitative estimate of drug-likeness (QED) is 0.732. The highest BCUT2D eigenvalue weighted by Gasteiger charge is 2.41. The smallest absolute Gasteiger partial charge is 0.407 e. The van der Waals surface area contributed by atoms with Crippen LogP contribution in [0.3, 0.4) is 0 Å². The van der Waals surface area contributed by atoms with Crippen LogP contribution in [-0.4, -0.2) is 30.4 Å². The van der Waals surface area contributed by atoms with Gasteiger partial charge in [0.1, 0.15) is 5.54 Å². The Hall–Kier alpha value is -0.770. The molecule has 4 nitrogen and oxygen atoms in total. The molecule has 0 aromatic heterocycles. The standard InChI is InChI=1S/C9H14ClNO3/c1-14-8(13)11-9(7(12)6-10)4-2-3-5-9/h2-6H2,1H3,(H,11,13). The predicted octanol–water partition coefficient (Wildman–Crippen LogP) is 1.46. The molecular formula is C9H14ClNO3. The summed E-state index contributed by atoms with van der Waals surface area (Å²) in [6, 6.07) is 0. The normalized spacial score (nSPS) is 19.0. The molecule has 0 heterocycles. The average molecular weight is 220 g/mol. The van der Waals surface area contributed by atoms with Crippen molar-refractivity contribution in [3.05, 3.63) is 0 Å². The number of halogens is 1. The summed E-state index contributed by atoms with van der Waals surface area (Å²) in [7, 11) is 1.28. The Morgan fingerprint density at radius 2 is 2.00 bits per heavy atom. The van der Waals surface area contributed by atoms with E-state index in [0.717, 1.165) is 12.8 Å². The topological polar surface area (TPSA) is 55.4 Å². The summed E-state index contributed by atoms with van der Waals surface area (Å²) < 4.78 is 4.49. The summed E-state index contributed by atoms with van der Waals surface area (Å²) in [6.07, 6.45) is 2.63. The first-order chi connectivity index (χ1) is 6.64. The van der Waals surface area contributed by atoms with Crippen LogP contribution >= 0.6 is 11.6 Å². The Labute approximate surface area is 87.9 Å². The van der Waals surface area contributed by atoms with Gasteiger partial charge in [0.05, 0.1) is 13.0 Å². The van der Waals surface area contributed by atoms with Gasteiger partial charge in [-0.05, 0) is 12.8 Å². The van der Waals surface area contributed by atoms with Crippen LogP contribution in [0.1, 0.15) is 25.7 Å². The second-order valence-electron chi connectivity index (χ2n) is 3.46. The zero-order chi connectivity index (χ0) is 10.6. The van der Waals surface area contributed by atoms with Crippen LogP contribution in [0.25, 0.3) is 0 Å². The van der Waals surface area contributed by atoms with E-state index in [9.17, 15) is 9.59 Å². The molecule has 0 spiro atoms. The van der Waals surface area contributed by atoms with Crippen LogP contribution in [0.15, 0.2) is 0 Å². The number of rotatable bonds is 3. The summed E-state index contributed by atoms with van der Waals surface area (Å²) in [5, 5.41) is 2.60. The van der Waals surface area contributed by atoms with Crippen LogP contribution in [0, 0.1) is 0 Å². The molecule has 0 aromatic carbocycles. The lowest BCUT2D eigenvalue weighted by Crippen LogP contribution is -2.53. The zero-order valence-electron chi connectivity index (χ0n) is 8.14. The molecule has 1 fully saturated rings. The molecule has 1 aliphatic carbocycles. The number of alkyl carbamates (subject to hydrolysis) is 1. The summed E-state index contributed by atoms with van der Waals surface area (Å²) in [5.41, 5.74) is -0.769. The maximum atomic E-state index is 11.6. The maximum absolute atomic E-state index is 11.6. The van der Waals surface area contributed by atoms with E-state index >= 15 is 0 Å². The fourth-order valence-electron chi connectivity index (χ4n) is 1.83. The van der Waals surface area contributed by atoms with E-state index in [-0.39, 0.29) is 11.7 Å². The van der Waals surface area contributed by atoms with Crippen LogP contribution in [0.5, 0.6) is 0 Å². The maximum Gasteiger partial charge on any atom is 0.407 e. The minimum absolute atomic E-state index is 0.0655. The van der Waals surface area contributed by atoms with Gasteiger partial charge in [-0.25, -0.2) is 4.79 Å². The van der Waals surface area contributed by atoms with E-state index < -0.39 is 11.6 Å². The Morgan fingerprint density at radius 1 is 1.43 bits per heavy atom. The average Bonchev–Trinajstić information content (AvgIpc) is 2.66. The van der Waals surface area contributed by atoms with Gasteiger partial charge in [0, 0.05) is 0 Å². The van der Waals surface area contributed by atoms with E-state index in [0.29, 0.717) is 12.8 Å². The Kier molecular flexibility index (Phi) is 3.75. The molecule has 0 saturated heterocycles. The summed E-state index contributed by atoms with van der Waals surface area (Å²) in [6.45, 7) is 0. The summed E-state index contributed by atoms with van der Waals surface area (Å²) in [4.78, 5) is 22.6. The van der Waals surface area contributed by atoms with Crippen molar-refractivity contribution in [2.24, 2.45) is 0 Å². The first-order valence-electron chi connectivity index (χ1n) is 4.60. The van der Waals surface area contributed by atoms with Crippen molar-refractivity contribution in [2.75, 3.05) is 13.0 Å². The number of hydrogen-bond donors (Lipinski definition) is 1.